The van der Waals surface area contributed by atoms with Gasteiger partial charge in [-0.15, -0.1) is 5.10 Å². The quantitative estimate of drug-likeness (QED) is 0.766. The van der Waals surface area contributed by atoms with Gasteiger partial charge in [0.05, 0.1) is 12.2 Å². The van der Waals surface area contributed by atoms with E-state index in [1.807, 2.05) is 0 Å². The fourth-order valence-electron chi connectivity index (χ4n) is 1.08. The monoisotopic (exact) mass is 239 g/mol. The van der Waals surface area contributed by atoms with Gasteiger partial charge < -0.3 is 10.2 Å². The summed E-state index contributed by atoms with van der Waals surface area (Å²) in [6.45, 7) is -0.687. The summed E-state index contributed by atoms with van der Waals surface area (Å²) in [7, 11) is 0. The van der Waals surface area contributed by atoms with Gasteiger partial charge in [-0.2, -0.15) is 13.2 Å². The molecule has 0 amide bonds. The standard InChI is InChI=1S/C8H12F3N3O2/c9-8(10,11)7(16)5-14-4-6(12-13-14)2-1-3-15/h4,7,15-16H,1-3,5H2. The average molecular weight is 239 g/mol. The first-order valence-corrected chi connectivity index (χ1v) is 4.68. The van der Waals surface area contributed by atoms with E-state index in [1.54, 1.807) is 0 Å². The molecule has 5 nitrogen and oxygen atoms in total. The molecule has 0 aromatic carbocycles. The van der Waals surface area contributed by atoms with Crippen LogP contribution in [0.1, 0.15) is 12.1 Å². The molecule has 0 aliphatic rings. The van der Waals surface area contributed by atoms with Crippen molar-refractivity contribution in [2.45, 2.75) is 31.7 Å². The number of aliphatic hydroxyl groups is 2. The summed E-state index contributed by atoms with van der Waals surface area (Å²) in [6, 6.07) is 0. The average Bonchev–Trinajstić information content (AvgIpc) is 2.61. The number of aryl methyl sites for hydroxylation is 1. The van der Waals surface area contributed by atoms with Gasteiger partial charge in [-0.05, 0) is 12.8 Å². The van der Waals surface area contributed by atoms with E-state index in [-0.39, 0.29) is 6.61 Å². The smallest absolute Gasteiger partial charge is 0.396 e. The maximum Gasteiger partial charge on any atom is 0.416 e. The van der Waals surface area contributed by atoms with Crippen molar-refractivity contribution in [3.05, 3.63) is 11.9 Å². The van der Waals surface area contributed by atoms with Gasteiger partial charge in [0, 0.05) is 12.8 Å². The lowest BCUT2D eigenvalue weighted by atomic mass is 10.2. The van der Waals surface area contributed by atoms with E-state index in [0.717, 1.165) is 4.68 Å². The Morgan fingerprint density at radius 2 is 2.12 bits per heavy atom. The Hall–Kier alpha value is -1.15. The van der Waals surface area contributed by atoms with Crippen molar-refractivity contribution in [2.24, 2.45) is 0 Å². The second-order valence-corrected chi connectivity index (χ2v) is 3.32. The van der Waals surface area contributed by atoms with Gasteiger partial charge in [0.2, 0.25) is 0 Å². The minimum atomic E-state index is -4.66. The van der Waals surface area contributed by atoms with E-state index >= 15 is 0 Å². The summed E-state index contributed by atoms with van der Waals surface area (Å²) >= 11 is 0. The van der Waals surface area contributed by atoms with Crippen LogP contribution in [0.3, 0.4) is 0 Å². The van der Waals surface area contributed by atoms with Gasteiger partial charge in [0.1, 0.15) is 0 Å². The van der Waals surface area contributed by atoms with Crippen LogP contribution in [0.4, 0.5) is 13.2 Å². The minimum absolute atomic E-state index is 0.0158. The Kier molecular flexibility index (Phi) is 4.25. The minimum Gasteiger partial charge on any atom is -0.396 e. The van der Waals surface area contributed by atoms with E-state index in [2.05, 4.69) is 10.3 Å². The third-order valence-electron chi connectivity index (χ3n) is 1.91. The molecular weight excluding hydrogens is 227 g/mol. The molecule has 0 radical (unpaired) electrons. The number of alkyl halides is 3. The number of halogens is 3. The highest BCUT2D eigenvalue weighted by Crippen LogP contribution is 2.20. The topological polar surface area (TPSA) is 71.2 Å². The number of aliphatic hydroxyl groups excluding tert-OH is 2. The van der Waals surface area contributed by atoms with Crippen LogP contribution >= 0.6 is 0 Å². The lowest BCUT2D eigenvalue weighted by Crippen LogP contribution is -2.32. The molecule has 0 aliphatic carbocycles. The van der Waals surface area contributed by atoms with E-state index in [0.29, 0.717) is 18.5 Å². The van der Waals surface area contributed by atoms with E-state index in [1.165, 1.54) is 6.20 Å². The first-order chi connectivity index (χ1) is 7.43. The number of aromatic nitrogens is 3. The zero-order valence-corrected chi connectivity index (χ0v) is 8.35. The van der Waals surface area contributed by atoms with Crippen LogP contribution in [0.15, 0.2) is 6.20 Å². The molecular formula is C8H12F3N3O2. The zero-order valence-electron chi connectivity index (χ0n) is 8.35. The third kappa shape index (κ3) is 3.78. The predicted octanol–water partition coefficient (Wildman–Crippen LogP) is 0.126. The van der Waals surface area contributed by atoms with Crippen LogP contribution in [0.25, 0.3) is 0 Å². The highest BCUT2D eigenvalue weighted by molar-refractivity contribution is 4.92. The van der Waals surface area contributed by atoms with E-state index < -0.39 is 18.8 Å². The van der Waals surface area contributed by atoms with Crippen molar-refractivity contribution in [1.29, 1.82) is 0 Å². The van der Waals surface area contributed by atoms with Gasteiger partial charge in [0.25, 0.3) is 0 Å². The summed E-state index contributed by atoms with van der Waals surface area (Å²) in [5, 5.41) is 24.4. The van der Waals surface area contributed by atoms with Crippen LogP contribution in [0.5, 0.6) is 0 Å². The number of hydrogen-bond donors (Lipinski definition) is 2. The molecule has 1 unspecified atom stereocenters. The van der Waals surface area contributed by atoms with Crippen LogP contribution in [-0.4, -0.2) is 44.1 Å². The van der Waals surface area contributed by atoms with E-state index in [4.69, 9.17) is 10.2 Å². The lowest BCUT2D eigenvalue weighted by molar-refractivity contribution is -0.208. The Morgan fingerprint density at radius 1 is 1.44 bits per heavy atom. The summed E-state index contributed by atoms with van der Waals surface area (Å²) in [6.07, 6.45) is -4.86. The van der Waals surface area contributed by atoms with E-state index in [9.17, 15) is 13.2 Å². The van der Waals surface area contributed by atoms with Crippen LogP contribution in [-0.2, 0) is 13.0 Å². The molecule has 0 saturated carbocycles. The molecule has 8 heteroatoms. The Labute approximate surface area is 89.5 Å². The molecule has 0 saturated heterocycles. The van der Waals surface area contributed by atoms with Crippen molar-refractivity contribution in [3.63, 3.8) is 0 Å². The molecule has 0 spiro atoms. The molecule has 1 heterocycles. The second-order valence-electron chi connectivity index (χ2n) is 3.32. The highest BCUT2D eigenvalue weighted by Gasteiger charge is 2.38. The molecule has 0 aliphatic heterocycles. The van der Waals surface area contributed by atoms with Crippen molar-refractivity contribution in [1.82, 2.24) is 15.0 Å². The Bertz CT molecular complexity index is 327. The summed E-state index contributed by atoms with van der Waals surface area (Å²) in [4.78, 5) is 0. The molecule has 16 heavy (non-hydrogen) atoms. The molecule has 0 bridgehead atoms. The molecule has 0 fully saturated rings. The third-order valence-corrected chi connectivity index (χ3v) is 1.91. The van der Waals surface area contributed by atoms with Crippen LogP contribution in [0, 0.1) is 0 Å². The Morgan fingerprint density at radius 3 is 2.69 bits per heavy atom. The first-order valence-electron chi connectivity index (χ1n) is 4.68. The van der Waals surface area contributed by atoms with Crippen LogP contribution < -0.4 is 0 Å². The molecule has 1 aromatic rings. The Balaban J connectivity index is 2.52. The second kappa shape index (κ2) is 5.26. The highest BCUT2D eigenvalue weighted by atomic mass is 19.4. The van der Waals surface area contributed by atoms with Gasteiger partial charge in [-0.25, -0.2) is 4.68 Å². The fraction of sp³-hybridized carbons (Fsp3) is 0.750. The molecule has 1 rings (SSSR count). The zero-order chi connectivity index (χ0) is 12.2. The van der Waals surface area contributed by atoms with Crippen molar-refractivity contribution < 1.29 is 23.4 Å². The summed E-state index contributed by atoms with van der Waals surface area (Å²) in [5.74, 6) is 0. The van der Waals surface area contributed by atoms with Gasteiger partial charge in [-0.3, -0.25) is 0 Å². The van der Waals surface area contributed by atoms with Gasteiger partial charge in [0.15, 0.2) is 6.10 Å². The van der Waals surface area contributed by atoms with Crippen molar-refractivity contribution >= 4 is 0 Å². The predicted molar refractivity (Wildman–Crippen MR) is 47.5 cm³/mol. The lowest BCUT2D eigenvalue weighted by Gasteiger charge is -2.13. The van der Waals surface area contributed by atoms with Crippen molar-refractivity contribution in [3.8, 4) is 0 Å². The summed E-state index contributed by atoms with van der Waals surface area (Å²) in [5.41, 5.74) is 0.489. The first kappa shape index (κ1) is 12.9. The maximum absolute atomic E-state index is 12.0. The van der Waals surface area contributed by atoms with Gasteiger partial charge in [-0.1, -0.05) is 5.21 Å². The fourth-order valence-corrected chi connectivity index (χ4v) is 1.08. The largest absolute Gasteiger partial charge is 0.416 e. The normalized spacial score (nSPS) is 14.1. The molecule has 2 N–H and O–H groups in total. The SMILES string of the molecule is OCCCc1cn(CC(O)C(F)(F)F)nn1. The number of nitrogens with zero attached hydrogens (tertiary/aromatic N) is 3. The number of hydrogen-bond acceptors (Lipinski definition) is 4. The molecule has 92 valence electrons. The van der Waals surface area contributed by atoms with Crippen molar-refractivity contribution in [2.75, 3.05) is 6.61 Å². The molecule has 1 atom stereocenters. The summed E-state index contributed by atoms with van der Waals surface area (Å²) < 4.78 is 36.9. The molecule has 1 aromatic heterocycles. The van der Waals surface area contributed by atoms with Crippen LogP contribution in [0.2, 0.25) is 0 Å². The maximum atomic E-state index is 12.0. The van der Waals surface area contributed by atoms with Gasteiger partial charge >= 0.3 is 6.18 Å². The number of rotatable bonds is 5.